The minimum absolute atomic E-state index is 0.238. The first-order valence-corrected chi connectivity index (χ1v) is 7.58. The number of phenols is 1. The number of nitrogens with one attached hydrogen (secondary N) is 1. The summed E-state index contributed by atoms with van der Waals surface area (Å²) in [5.74, 6) is 0.238. The highest BCUT2D eigenvalue weighted by molar-refractivity contribution is 9.11. The summed E-state index contributed by atoms with van der Waals surface area (Å²) in [6.45, 7) is 3.67. The molecule has 100 valence electrons. The summed E-state index contributed by atoms with van der Waals surface area (Å²) in [6, 6.07) is 12.3. The van der Waals surface area contributed by atoms with E-state index in [-0.39, 0.29) is 5.75 Å². The van der Waals surface area contributed by atoms with Gasteiger partial charge in [-0.15, -0.1) is 0 Å². The Hall–Kier alpha value is -0.840. The number of halogens is 2. The van der Waals surface area contributed by atoms with Crippen LogP contribution in [0.1, 0.15) is 16.7 Å². The summed E-state index contributed by atoms with van der Waals surface area (Å²) in [5.41, 5.74) is 3.65. The second-order valence-corrected chi connectivity index (χ2v) is 6.21. The number of aromatic hydroxyl groups is 1. The number of rotatable bonds is 4. The van der Waals surface area contributed by atoms with Crippen molar-refractivity contribution < 1.29 is 5.11 Å². The molecule has 0 fully saturated rings. The fraction of sp³-hybridized carbons (Fsp3) is 0.200. The van der Waals surface area contributed by atoms with E-state index >= 15 is 0 Å². The van der Waals surface area contributed by atoms with Gasteiger partial charge >= 0.3 is 0 Å². The maximum absolute atomic E-state index is 9.65. The molecule has 2 aromatic carbocycles. The zero-order valence-electron chi connectivity index (χ0n) is 10.6. The van der Waals surface area contributed by atoms with Crippen LogP contribution in [0, 0.1) is 6.92 Å². The first kappa shape index (κ1) is 14.6. The molecule has 0 aliphatic rings. The topological polar surface area (TPSA) is 32.3 Å². The fourth-order valence-corrected chi connectivity index (χ4v) is 3.06. The molecule has 2 aromatic rings. The number of aryl methyl sites for hydroxylation is 1. The molecule has 0 aromatic heterocycles. The molecule has 0 atom stereocenters. The van der Waals surface area contributed by atoms with Crippen LogP contribution in [0.2, 0.25) is 0 Å². The lowest BCUT2D eigenvalue weighted by atomic mass is 10.1. The highest BCUT2D eigenvalue weighted by atomic mass is 79.9. The van der Waals surface area contributed by atoms with E-state index in [4.69, 9.17) is 0 Å². The fourth-order valence-electron chi connectivity index (χ4n) is 1.78. The molecule has 4 heteroatoms. The molecule has 19 heavy (non-hydrogen) atoms. The number of benzene rings is 2. The molecule has 0 saturated heterocycles. The molecular weight excluding hydrogens is 370 g/mol. The van der Waals surface area contributed by atoms with Crippen molar-refractivity contribution in [3.05, 3.63) is 62.0 Å². The molecule has 2 rings (SSSR count). The van der Waals surface area contributed by atoms with Gasteiger partial charge in [0.1, 0.15) is 5.75 Å². The minimum atomic E-state index is 0.238. The van der Waals surface area contributed by atoms with Crippen molar-refractivity contribution in [2.45, 2.75) is 20.0 Å². The van der Waals surface area contributed by atoms with Gasteiger partial charge < -0.3 is 10.4 Å². The lowest BCUT2D eigenvalue weighted by Gasteiger charge is -2.08. The average molecular weight is 385 g/mol. The van der Waals surface area contributed by atoms with Gasteiger partial charge in [0.25, 0.3) is 0 Å². The lowest BCUT2D eigenvalue weighted by molar-refractivity contribution is 0.468. The second-order valence-electron chi connectivity index (χ2n) is 4.50. The van der Waals surface area contributed by atoms with Crippen molar-refractivity contribution >= 4 is 31.9 Å². The zero-order valence-corrected chi connectivity index (χ0v) is 13.8. The van der Waals surface area contributed by atoms with E-state index in [2.05, 4.69) is 68.4 Å². The lowest BCUT2D eigenvalue weighted by Crippen LogP contribution is -2.12. The molecule has 0 saturated carbocycles. The first-order valence-electron chi connectivity index (χ1n) is 5.99. The Morgan fingerprint density at radius 3 is 2.05 bits per heavy atom. The predicted molar refractivity (Wildman–Crippen MR) is 85.2 cm³/mol. The Morgan fingerprint density at radius 1 is 0.947 bits per heavy atom. The van der Waals surface area contributed by atoms with Crippen molar-refractivity contribution in [2.24, 2.45) is 0 Å². The van der Waals surface area contributed by atoms with Crippen LogP contribution in [0.4, 0.5) is 0 Å². The Morgan fingerprint density at radius 2 is 1.47 bits per heavy atom. The summed E-state index contributed by atoms with van der Waals surface area (Å²) in [4.78, 5) is 0. The van der Waals surface area contributed by atoms with Crippen LogP contribution < -0.4 is 5.32 Å². The van der Waals surface area contributed by atoms with E-state index in [1.807, 2.05) is 12.1 Å². The normalized spacial score (nSPS) is 10.7. The van der Waals surface area contributed by atoms with Gasteiger partial charge in [-0.1, -0.05) is 29.8 Å². The maximum Gasteiger partial charge on any atom is 0.143 e. The molecule has 0 heterocycles. The largest absolute Gasteiger partial charge is 0.506 e. The van der Waals surface area contributed by atoms with E-state index < -0.39 is 0 Å². The van der Waals surface area contributed by atoms with Crippen molar-refractivity contribution in [2.75, 3.05) is 0 Å². The van der Waals surface area contributed by atoms with Crippen molar-refractivity contribution in [3.63, 3.8) is 0 Å². The highest BCUT2D eigenvalue weighted by Crippen LogP contribution is 2.33. The standard InChI is InChI=1S/C15H15Br2NO/c1-10-2-4-11(5-3-10)8-18-9-12-6-13(16)15(19)14(17)7-12/h2-7,18-19H,8-9H2,1H3. The van der Waals surface area contributed by atoms with Crippen molar-refractivity contribution in [1.82, 2.24) is 5.32 Å². The van der Waals surface area contributed by atoms with E-state index in [1.54, 1.807) is 0 Å². The number of hydrogen-bond acceptors (Lipinski definition) is 2. The smallest absolute Gasteiger partial charge is 0.143 e. The van der Waals surface area contributed by atoms with Crippen LogP contribution in [0.3, 0.4) is 0 Å². The van der Waals surface area contributed by atoms with Gasteiger partial charge in [0.05, 0.1) is 8.95 Å². The van der Waals surface area contributed by atoms with E-state index in [0.29, 0.717) is 8.95 Å². The molecular formula is C15H15Br2NO. The van der Waals surface area contributed by atoms with Gasteiger partial charge in [0.2, 0.25) is 0 Å². The quantitative estimate of drug-likeness (QED) is 0.812. The molecule has 0 aliphatic carbocycles. The first-order chi connectivity index (χ1) is 9.06. The predicted octanol–water partition coefficient (Wildman–Crippen LogP) is 4.52. The Bertz CT molecular complexity index is 544. The second kappa shape index (κ2) is 6.55. The Kier molecular flexibility index (Phi) is 5.02. The van der Waals surface area contributed by atoms with Crippen LogP contribution in [-0.4, -0.2) is 5.11 Å². The number of hydrogen-bond donors (Lipinski definition) is 2. The molecule has 2 N–H and O–H groups in total. The summed E-state index contributed by atoms with van der Waals surface area (Å²) < 4.78 is 1.41. The SMILES string of the molecule is Cc1ccc(CNCc2cc(Br)c(O)c(Br)c2)cc1. The van der Waals surface area contributed by atoms with Crippen LogP contribution in [0.5, 0.6) is 5.75 Å². The van der Waals surface area contributed by atoms with Gasteiger partial charge in [-0.05, 0) is 62.0 Å². The van der Waals surface area contributed by atoms with Crippen LogP contribution >= 0.6 is 31.9 Å². The van der Waals surface area contributed by atoms with Crippen molar-refractivity contribution in [3.8, 4) is 5.75 Å². The summed E-state index contributed by atoms with van der Waals surface area (Å²) in [6.07, 6.45) is 0. The molecule has 0 bridgehead atoms. The molecule has 0 unspecified atom stereocenters. The van der Waals surface area contributed by atoms with Gasteiger partial charge in [0, 0.05) is 13.1 Å². The summed E-state index contributed by atoms with van der Waals surface area (Å²) in [7, 11) is 0. The van der Waals surface area contributed by atoms with Gasteiger partial charge in [-0.2, -0.15) is 0 Å². The summed E-state index contributed by atoms with van der Waals surface area (Å²) >= 11 is 6.67. The monoisotopic (exact) mass is 383 g/mol. The molecule has 2 nitrogen and oxygen atoms in total. The van der Waals surface area contributed by atoms with Crippen LogP contribution in [-0.2, 0) is 13.1 Å². The van der Waals surface area contributed by atoms with E-state index in [1.165, 1.54) is 11.1 Å². The van der Waals surface area contributed by atoms with Gasteiger partial charge in [0.15, 0.2) is 0 Å². The van der Waals surface area contributed by atoms with Crippen LogP contribution in [0.15, 0.2) is 45.3 Å². The molecule has 0 amide bonds. The van der Waals surface area contributed by atoms with Gasteiger partial charge in [-0.25, -0.2) is 0 Å². The Labute approximate surface area is 130 Å². The van der Waals surface area contributed by atoms with E-state index in [0.717, 1.165) is 18.7 Å². The number of phenolic OH excluding ortho intramolecular Hbond substituents is 1. The average Bonchev–Trinajstić information content (AvgIpc) is 2.38. The molecule has 0 spiro atoms. The Balaban J connectivity index is 1.94. The minimum Gasteiger partial charge on any atom is -0.506 e. The third kappa shape index (κ3) is 4.06. The summed E-state index contributed by atoms with van der Waals surface area (Å²) in [5, 5.41) is 13.0. The highest BCUT2D eigenvalue weighted by Gasteiger charge is 2.05. The van der Waals surface area contributed by atoms with Crippen LogP contribution in [0.25, 0.3) is 0 Å². The third-order valence-corrected chi connectivity index (χ3v) is 4.06. The van der Waals surface area contributed by atoms with Crippen molar-refractivity contribution in [1.29, 1.82) is 0 Å². The zero-order chi connectivity index (χ0) is 13.8. The third-order valence-electron chi connectivity index (χ3n) is 2.86. The van der Waals surface area contributed by atoms with E-state index in [9.17, 15) is 5.11 Å². The maximum atomic E-state index is 9.65. The van der Waals surface area contributed by atoms with Gasteiger partial charge in [-0.3, -0.25) is 0 Å². The molecule has 0 aliphatic heterocycles. The molecule has 0 radical (unpaired) electrons.